The minimum absolute atomic E-state index is 0.144. The van der Waals surface area contributed by atoms with Gasteiger partial charge in [-0.3, -0.25) is 4.79 Å². The highest BCUT2D eigenvalue weighted by Gasteiger charge is 2.43. The normalized spacial score (nSPS) is 20.5. The zero-order valence-electron chi connectivity index (χ0n) is 17.2. The summed E-state index contributed by atoms with van der Waals surface area (Å²) in [6.07, 6.45) is 2.88. The fraction of sp³-hybridized carbons (Fsp3) is 0.435. The van der Waals surface area contributed by atoms with E-state index >= 15 is 0 Å². The highest BCUT2D eigenvalue weighted by Crippen LogP contribution is 2.42. The molecule has 2 bridgehead atoms. The number of aryl methyl sites for hydroxylation is 1. The van der Waals surface area contributed by atoms with Crippen molar-refractivity contribution >= 4 is 23.2 Å². The lowest BCUT2D eigenvalue weighted by Crippen LogP contribution is -2.55. The summed E-state index contributed by atoms with van der Waals surface area (Å²) in [5.74, 6) is 0.274. The summed E-state index contributed by atoms with van der Waals surface area (Å²) in [4.78, 5) is 17.3. The Bertz CT molecular complexity index is 925. The molecule has 2 aliphatic rings. The third kappa shape index (κ3) is 3.86. The van der Waals surface area contributed by atoms with Crippen molar-refractivity contribution in [2.75, 3.05) is 31.9 Å². The van der Waals surface area contributed by atoms with E-state index in [1.807, 2.05) is 4.90 Å². The van der Waals surface area contributed by atoms with Crippen LogP contribution in [-0.4, -0.2) is 49.9 Å². The lowest BCUT2D eigenvalue weighted by atomic mass is 10.1. The molecule has 0 saturated carbocycles. The molecule has 0 N–H and O–H groups in total. The number of anilines is 1. The van der Waals surface area contributed by atoms with E-state index in [0.29, 0.717) is 18.7 Å². The molecule has 2 aromatic carbocycles. The summed E-state index contributed by atoms with van der Waals surface area (Å²) in [5.41, 5.74) is 2.55. The van der Waals surface area contributed by atoms with E-state index in [1.165, 1.54) is 18.2 Å². The number of ether oxygens (including phenoxy) is 2. The molecule has 7 heteroatoms. The van der Waals surface area contributed by atoms with Gasteiger partial charge in [0.25, 0.3) is 5.91 Å². The smallest absolute Gasteiger partial charge is 0.255 e. The summed E-state index contributed by atoms with van der Waals surface area (Å²) >= 11 is 6.13. The highest BCUT2D eigenvalue weighted by atomic mass is 35.5. The molecule has 0 radical (unpaired) electrons. The van der Waals surface area contributed by atoms with Crippen molar-refractivity contribution in [1.82, 2.24) is 4.90 Å². The zero-order chi connectivity index (χ0) is 21.3. The van der Waals surface area contributed by atoms with Gasteiger partial charge in [0.2, 0.25) is 0 Å². The second kappa shape index (κ2) is 8.82. The standard InChI is InChI=1S/C23H26ClFN2O3/c1-3-15-5-4-6-21(22(15)30-14-29-2)27-17-8-9-18(27)13-26(12-17)23(28)19-10-7-16(25)11-20(19)24/h4-7,10-11,17-18H,3,8-9,12-14H2,1-2H3. The van der Waals surface area contributed by atoms with E-state index in [-0.39, 0.29) is 29.8 Å². The van der Waals surface area contributed by atoms with Crippen LogP contribution in [0, 0.1) is 5.82 Å². The van der Waals surface area contributed by atoms with Gasteiger partial charge >= 0.3 is 0 Å². The van der Waals surface area contributed by atoms with Gasteiger partial charge in [-0.05, 0) is 49.1 Å². The third-order valence-electron chi connectivity index (χ3n) is 5.99. The Kier molecular flexibility index (Phi) is 6.16. The number of piperazine rings is 1. The maximum atomic E-state index is 13.4. The van der Waals surface area contributed by atoms with Crippen molar-refractivity contribution < 1.29 is 18.7 Å². The van der Waals surface area contributed by atoms with Crippen molar-refractivity contribution in [3.05, 3.63) is 58.4 Å². The molecule has 30 heavy (non-hydrogen) atoms. The quantitative estimate of drug-likeness (QED) is 0.629. The fourth-order valence-electron chi connectivity index (χ4n) is 4.63. The summed E-state index contributed by atoms with van der Waals surface area (Å²) in [6, 6.07) is 10.6. The molecule has 1 amide bonds. The Labute approximate surface area is 181 Å². The highest BCUT2D eigenvalue weighted by molar-refractivity contribution is 6.33. The van der Waals surface area contributed by atoms with Gasteiger partial charge in [0.15, 0.2) is 6.79 Å². The Balaban J connectivity index is 1.59. The summed E-state index contributed by atoms with van der Waals surface area (Å²) in [7, 11) is 1.61. The first kappa shape index (κ1) is 20.9. The molecule has 2 aromatic rings. The number of benzene rings is 2. The number of halogens is 2. The van der Waals surface area contributed by atoms with E-state index in [1.54, 1.807) is 7.11 Å². The molecule has 0 aromatic heterocycles. The number of hydrogen-bond acceptors (Lipinski definition) is 4. The van der Waals surface area contributed by atoms with Crippen LogP contribution in [0.2, 0.25) is 5.02 Å². The number of carbonyl (C=O) groups is 1. The van der Waals surface area contributed by atoms with Crippen LogP contribution < -0.4 is 9.64 Å². The number of methoxy groups -OCH3 is 1. The number of hydrogen-bond donors (Lipinski definition) is 0. The van der Waals surface area contributed by atoms with Crippen LogP contribution in [-0.2, 0) is 11.2 Å². The average molecular weight is 433 g/mol. The second-order valence-corrected chi connectivity index (χ2v) is 8.20. The number of rotatable bonds is 6. The van der Waals surface area contributed by atoms with Crippen molar-refractivity contribution in [1.29, 1.82) is 0 Å². The third-order valence-corrected chi connectivity index (χ3v) is 6.30. The van der Waals surface area contributed by atoms with E-state index in [0.717, 1.165) is 36.3 Å². The molecular weight excluding hydrogens is 407 g/mol. The van der Waals surface area contributed by atoms with E-state index < -0.39 is 5.82 Å². The number of fused-ring (bicyclic) bond motifs is 2. The van der Waals surface area contributed by atoms with Gasteiger partial charge in [-0.2, -0.15) is 0 Å². The van der Waals surface area contributed by atoms with Crippen LogP contribution in [0.5, 0.6) is 5.75 Å². The minimum Gasteiger partial charge on any atom is -0.465 e. The molecule has 2 heterocycles. The van der Waals surface area contributed by atoms with Crippen LogP contribution in [0.15, 0.2) is 36.4 Å². The maximum Gasteiger partial charge on any atom is 0.255 e. The molecular formula is C23H26ClFN2O3. The number of likely N-dealkylation sites (tertiary alicyclic amines) is 1. The van der Waals surface area contributed by atoms with Crippen LogP contribution in [0.4, 0.5) is 10.1 Å². The van der Waals surface area contributed by atoms with Crippen LogP contribution in [0.3, 0.4) is 0 Å². The predicted octanol–water partition coefficient (Wildman–Crippen LogP) is 4.52. The van der Waals surface area contributed by atoms with Crippen molar-refractivity contribution in [2.24, 2.45) is 0 Å². The van der Waals surface area contributed by atoms with Crippen LogP contribution in [0.1, 0.15) is 35.7 Å². The summed E-state index contributed by atoms with van der Waals surface area (Å²) < 4.78 is 24.5. The topological polar surface area (TPSA) is 42.0 Å². The van der Waals surface area contributed by atoms with Gasteiger partial charge < -0.3 is 19.3 Å². The average Bonchev–Trinajstić information content (AvgIpc) is 3.00. The Hall–Kier alpha value is -2.31. The molecule has 160 valence electrons. The van der Waals surface area contributed by atoms with E-state index in [4.69, 9.17) is 21.1 Å². The number of para-hydroxylation sites is 1. The first-order valence-corrected chi connectivity index (χ1v) is 10.7. The van der Waals surface area contributed by atoms with Crippen molar-refractivity contribution in [3.63, 3.8) is 0 Å². The van der Waals surface area contributed by atoms with Crippen LogP contribution in [0.25, 0.3) is 0 Å². The molecule has 2 saturated heterocycles. The molecule has 0 aliphatic carbocycles. The van der Waals surface area contributed by atoms with Crippen LogP contribution >= 0.6 is 11.6 Å². The van der Waals surface area contributed by atoms with E-state index in [2.05, 4.69) is 30.0 Å². The maximum absolute atomic E-state index is 13.4. The van der Waals surface area contributed by atoms with Crippen molar-refractivity contribution in [2.45, 2.75) is 38.3 Å². The number of amides is 1. The fourth-order valence-corrected chi connectivity index (χ4v) is 4.88. The van der Waals surface area contributed by atoms with E-state index in [9.17, 15) is 9.18 Å². The van der Waals surface area contributed by atoms with Crippen molar-refractivity contribution in [3.8, 4) is 5.75 Å². The van der Waals surface area contributed by atoms with Gasteiger partial charge in [-0.1, -0.05) is 30.7 Å². The van der Waals surface area contributed by atoms with Gasteiger partial charge in [0, 0.05) is 32.3 Å². The largest absolute Gasteiger partial charge is 0.465 e. The van der Waals surface area contributed by atoms with Gasteiger partial charge in [-0.15, -0.1) is 0 Å². The molecule has 2 unspecified atom stereocenters. The molecule has 2 aliphatic heterocycles. The molecule has 4 rings (SSSR count). The van der Waals surface area contributed by atoms with Gasteiger partial charge in [0.1, 0.15) is 11.6 Å². The lowest BCUT2D eigenvalue weighted by molar-refractivity contribution is 0.0505. The first-order chi connectivity index (χ1) is 14.5. The second-order valence-electron chi connectivity index (χ2n) is 7.80. The number of nitrogens with zero attached hydrogens (tertiary/aromatic N) is 2. The molecule has 2 atom stereocenters. The van der Waals surface area contributed by atoms with Gasteiger partial charge in [-0.25, -0.2) is 4.39 Å². The first-order valence-electron chi connectivity index (χ1n) is 10.3. The predicted molar refractivity (Wildman–Crippen MR) is 115 cm³/mol. The molecule has 0 spiro atoms. The molecule has 5 nitrogen and oxygen atoms in total. The zero-order valence-corrected chi connectivity index (χ0v) is 18.0. The Morgan fingerprint density at radius 3 is 2.57 bits per heavy atom. The minimum atomic E-state index is -0.444. The molecule has 2 fully saturated rings. The lowest BCUT2D eigenvalue weighted by Gasteiger charge is -2.43. The van der Waals surface area contributed by atoms with Gasteiger partial charge in [0.05, 0.1) is 16.3 Å². The Morgan fingerprint density at radius 2 is 1.93 bits per heavy atom. The summed E-state index contributed by atoms with van der Waals surface area (Å²) in [6.45, 7) is 3.50. The monoisotopic (exact) mass is 432 g/mol. The SMILES string of the molecule is CCc1cccc(N2C3CCC2CN(C(=O)c2ccc(F)cc2Cl)C3)c1OCOC. The summed E-state index contributed by atoms with van der Waals surface area (Å²) in [5, 5.41) is 0.153. The Morgan fingerprint density at radius 1 is 1.20 bits per heavy atom. The number of carbonyl (C=O) groups excluding carboxylic acids is 1.